The molecule has 0 aromatic carbocycles. The number of thiophene rings is 1. The summed E-state index contributed by atoms with van der Waals surface area (Å²) in [4.78, 5) is 9.48. The summed E-state index contributed by atoms with van der Waals surface area (Å²) in [5.74, 6) is 1.16. The molecule has 2 heterocycles. The number of rotatable bonds is 2. The second kappa shape index (κ2) is 3.51. The van der Waals surface area contributed by atoms with E-state index < -0.39 is 0 Å². The number of methoxy groups -OCH3 is 1. The molecule has 1 atom stereocenters. The number of ether oxygens (including phenoxy) is 1. The zero-order valence-corrected chi connectivity index (χ0v) is 8.84. The van der Waals surface area contributed by atoms with Crippen LogP contribution in [0.15, 0.2) is 11.4 Å². The summed E-state index contributed by atoms with van der Waals surface area (Å²) >= 11 is 1.56. The van der Waals surface area contributed by atoms with Crippen molar-refractivity contribution in [3.63, 3.8) is 0 Å². The lowest BCUT2D eigenvalue weighted by atomic mass is 10.3. The highest BCUT2D eigenvalue weighted by molar-refractivity contribution is 7.16. The van der Waals surface area contributed by atoms with Crippen LogP contribution in [0.2, 0.25) is 0 Å². The maximum Gasteiger partial charge on any atom is 0.160 e. The first-order chi connectivity index (χ1) is 6.72. The predicted molar refractivity (Wildman–Crippen MR) is 57.3 cm³/mol. The fourth-order valence-electron chi connectivity index (χ4n) is 1.18. The molecule has 0 aliphatic heterocycles. The molecular formula is C9H11N3OS. The Morgan fingerprint density at radius 1 is 1.50 bits per heavy atom. The average Bonchev–Trinajstić information content (AvgIpc) is 2.64. The molecule has 14 heavy (non-hydrogen) atoms. The Balaban J connectivity index is 2.58. The smallest absolute Gasteiger partial charge is 0.160 e. The standard InChI is InChI=1S/C9H11N3OS/c1-5(13-2)8-11-7(10)6-3-4-14-9(6)12-8/h3-5H,1-2H3,(H2,10,11,12). The van der Waals surface area contributed by atoms with E-state index in [2.05, 4.69) is 9.97 Å². The van der Waals surface area contributed by atoms with Gasteiger partial charge in [-0.1, -0.05) is 0 Å². The van der Waals surface area contributed by atoms with Crippen LogP contribution in [0.4, 0.5) is 5.82 Å². The van der Waals surface area contributed by atoms with E-state index in [0.29, 0.717) is 11.6 Å². The van der Waals surface area contributed by atoms with E-state index in [4.69, 9.17) is 10.5 Å². The minimum absolute atomic E-state index is 0.121. The van der Waals surface area contributed by atoms with Crippen molar-refractivity contribution in [2.75, 3.05) is 12.8 Å². The van der Waals surface area contributed by atoms with Crippen molar-refractivity contribution in [1.82, 2.24) is 9.97 Å². The fraction of sp³-hybridized carbons (Fsp3) is 0.333. The number of fused-ring (bicyclic) bond motifs is 1. The van der Waals surface area contributed by atoms with Gasteiger partial charge in [0.1, 0.15) is 16.8 Å². The van der Waals surface area contributed by atoms with E-state index in [0.717, 1.165) is 10.2 Å². The minimum atomic E-state index is -0.121. The normalized spacial score (nSPS) is 13.3. The first-order valence-corrected chi connectivity index (χ1v) is 5.13. The third-order valence-corrected chi connectivity index (χ3v) is 2.90. The van der Waals surface area contributed by atoms with Crippen molar-refractivity contribution in [1.29, 1.82) is 0 Å². The van der Waals surface area contributed by atoms with Gasteiger partial charge in [-0.2, -0.15) is 0 Å². The van der Waals surface area contributed by atoms with Crippen molar-refractivity contribution in [2.45, 2.75) is 13.0 Å². The minimum Gasteiger partial charge on any atom is -0.383 e. The first kappa shape index (κ1) is 9.36. The van der Waals surface area contributed by atoms with Gasteiger partial charge in [-0.05, 0) is 18.4 Å². The number of nitrogens with zero attached hydrogens (tertiary/aromatic N) is 2. The zero-order valence-electron chi connectivity index (χ0n) is 8.02. The molecule has 0 amide bonds. The maximum absolute atomic E-state index is 5.79. The Bertz CT molecular complexity index is 454. The van der Waals surface area contributed by atoms with Crippen molar-refractivity contribution in [2.24, 2.45) is 0 Å². The number of hydrogen-bond donors (Lipinski definition) is 1. The van der Waals surface area contributed by atoms with Gasteiger partial charge in [0.2, 0.25) is 0 Å². The fourth-order valence-corrected chi connectivity index (χ4v) is 1.96. The molecule has 1 unspecified atom stereocenters. The van der Waals surface area contributed by atoms with E-state index in [1.54, 1.807) is 18.4 Å². The van der Waals surface area contributed by atoms with Crippen LogP contribution in [-0.4, -0.2) is 17.1 Å². The molecule has 2 aromatic heterocycles. The van der Waals surface area contributed by atoms with Crippen LogP contribution in [0.25, 0.3) is 10.2 Å². The molecule has 0 spiro atoms. The molecule has 0 saturated carbocycles. The summed E-state index contributed by atoms with van der Waals surface area (Å²) < 4.78 is 5.14. The van der Waals surface area contributed by atoms with Gasteiger partial charge in [-0.25, -0.2) is 9.97 Å². The molecule has 0 aliphatic carbocycles. The van der Waals surface area contributed by atoms with Crippen molar-refractivity contribution >= 4 is 27.4 Å². The number of hydrogen-bond acceptors (Lipinski definition) is 5. The van der Waals surface area contributed by atoms with Crippen LogP contribution in [0.3, 0.4) is 0 Å². The van der Waals surface area contributed by atoms with Crippen LogP contribution in [0.1, 0.15) is 18.9 Å². The van der Waals surface area contributed by atoms with Crippen molar-refractivity contribution in [3.05, 3.63) is 17.3 Å². The van der Waals surface area contributed by atoms with Gasteiger partial charge in [0.25, 0.3) is 0 Å². The number of aromatic nitrogens is 2. The summed E-state index contributed by atoms with van der Waals surface area (Å²) in [6.45, 7) is 1.90. The van der Waals surface area contributed by atoms with Crippen LogP contribution in [0, 0.1) is 0 Å². The van der Waals surface area contributed by atoms with Gasteiger partial charge in [-0.15, -0.1) is 11.3 Å². The van der Waals surface area contributed by atoms with Crippen molar-refractivity contribution < 1.29 is 4.74 Å². The maximum atomic E-state index is 5.79. The largest absolute Gasteiger partial charge is 0.383 e. The predicted octanol–water partition coefficient (Wildman–Crippen LogP) is 1.98. The zero-order chi connectivity index (χ0) is 10.1. The molecule has 0 radical (unpaired) electrons. The van der Waals surface area contributed by atoms with Crippen LogP contribution >= 0.6 is 11.3 Å². The summed E-state index contributed by atoms with van der Waals surface area (Å²) in [6, 6.07) is 1.93. The quantitative estimate of drug-likeness (QED) is 0.821. The van der Waals surface area contributed by atoms with Crippen LogP contribution in [-0.2, 0) is 4.74 Å². The Morgan fingerprint density at radius 3 is 3.00 bits per heavy atom. The highest BCUT2D eigenvalue weighted by Crippen LogP contribution is 2.25. The van der Waals surface area contributed by atoms with E-state index >= 15 is 0 Å². The van der Waals surface area contributed by atoms with Crippen molar-refractivity contribution in [3.8, 4) is 0 Å². The van der Waals surface area contributed by atoms with E-state index in [9.17, 15) is 0 Å². The lowest BCUT2D eigenvalue weighted by molar-refractivity contribution is 0.112. The van der Waals surface area contributed by atoms with E-state index in [1.807, 2.05) is 18.4 Å². The average molecular weight is 209 g/mol. The third-order valence-electron chi connectivity index (χ3n) is 2.09. The highest BCUT2D eigenvalue weighted by Gasteiger charge is 2.11. The van der Waals surface area contributed by atoms with Gasteiger partial charge >= 0.3 is 0 Å². The molecule has 2 aromatic rings. The van der Waals surface area contributed by atoms with Crippen LogP contribution < -0.4 is 5.73 Å². The topological polar surface area (TPSA) is 61.0 Å². The molecule has 0 saturated heterocycles. The number of anilines is 1. The Morgan fingerprint density at radius 2 is 2.29 bits per heavy atom. The second-order valence-electron chi connectivity index (χ2n) is 2.98. The highest BCUT2D eigenvalue weighted by atomic mass is 32.1. The Kier molecular flexibility index (Phi) is 2.35. The summed E-state index contributed by atoms with van der Waals surface area (Å²) in [6.07, 6.45) is -0.121. The SMILES string of the molecule is COC(C)c1nc(N)c2ccsc2n1. The molecular weight excluding hydrogens is 198 g/mol. The van der Waals surface area contributed by atoms with E-state index in [-0.39, 0.29) is 6.10 Å². The van der Waals surface area contributed by atoms with Gasteiger partial charge in [0, 0.05) is 7.11 Å². The van der Waals surface area contributed by atoms with Gasteiger partial charge in [0.15, 0.2) is 5.82 Å². The summed E-state index contributed by atoms with van der Waals surface area (Å²) in [7, 11) is 1.63. The Hall–Kier alpha value is -1.20. The third kappa shape index (κ3) is 1.44. The lowest BCUT2D eigenvalue weighted by Gasteiger charge is -2.08. The first-order valence-electron chi connectivity index (χ1n) is 4.25. The monoisotopic (exact) mass is 209 g/mol. The van der Waals surface area contributed by atoms with Crippen LogP contribution in [0.5, 0.6) is 0 Å². The molecule has 0 bridgehead atoms. The molecule has 2 N–H and O–H groups in total. The van der Waals surface area contributed by atoms with Gasteiger partial charge < -0.3 is 10.5 Å². The molecule has 74 valence electrons. The number of nitrogens with two attached hydrogens (primary N) is 1. The van der Waals surface area contributed by atoms with E-state index in [1.165, 1.54) is 0 Å². The molecule has 2 rings (SSSR count). The summed E-state index contributed by atoms with van der Waals surface area (Å²) in [5.41, 5.74) is 5.79. The Labute approximate surface area is 85.7 Å². The molecule has 5 heteroatoms. The molecule has 0 fully saturated rings. The molecule has 0 aliphatic rings. The van der Waals surface area contributed by atoms with Gasteiger partial charge in [-0.3, -0.25) is 0 Å². The van der Waals surface area contributed by atoms with Gasteiger partial charge in [0.05, 0.1) is 5.39 Å². The second-order valence-corrected chi connectivity index (χ2v) is 3.88. The summed E-state index contributed by atoms with van der Waals surface area (Å²) in [5, 5.41) is 2.87. The molecule has 4 nitrogen and oxygen atoms in total. The lowest BCUT2D eigenvalue weighted by Crippen LogP contribution is -2.05. The number of nitrogen functional groups attached to an aromatic ring is 1.